The summed E-state index contributed by atoms with van der Waals surface area (Å²) < 4.78 is 12.2. The first kappa shape index (κ1) is 19.3. The maximum atomic E-state index is 12.3. The predicted molar refractivity (Wildman–Crippen MR) is 105 cm³/mol. The van der Waals surface area contributed by atoms with Gasteiger partial charge in [-0.1, -0.05) is 6.92 Å². The molecular formula is C19H24N4O3S. The van der Waals surface area contributed by atoms with E-state index >= 15 is 0 Å². The van der Waals surface area contributed by atoms with E-state index in [0.29, 0.717) is 11.6 Å². The monoisotopic (exact) mass is 388 g/mol. The van der Waals surface area contributed by atoms with Crippen LogP contribution >= 0.6 is 11.3 Å². The summed E-state index contributed by atoms with van der Waals surface area (Å²) in [5.41, 5.74) is 1.17. The van der Waals surface area contributed by atoms with Crippen LogP contribution in [0.2, 0.25) is 0 Å². The van der Waals surface area contributed by atoms with Crippen LogP contribution < -0.4 is 10.1 Å². The van der Waals surface area contributed by atoms with E-state index < -0.39 is 0 Å². The van der Waals surface area contributed by atoms with E-state index in [1.165, 1.54) is 6.26 Å². The number of oxazole rings is 1. The number of aryl methyl sites for hydroxylation is 1. The molecule has 0 radical (unpaired) electrons. The van der Waals surface area contributed by atoms with Crippen molar-refractivity contribution in [1.82, 2.24) is 20.2 Å². The zero-order valence-electron chi connectivity index (χ0n) is 16.0. The Kier molecular flexibility index (Phi) is 6.08. The Morgan fingerprint density at radius 2 is 2.19 bits per heavy atom. The number of nitrogens with zero attached hydrogens (tertiary/aromatic N) is 3. The van der Waals surface area contributed by atoms with Crippen LogP contribution in [0.1, 0.15) is 34.7 Å². The van der Waals surface area contributed by atoms with E-state index in [1.54, 1.807) is 11.3 Å². The molecule has 8 heteroatoms. The molecule has 7 nitrogen and oxygen atoms in total. The van der Waals surface area contributed by atoms with Crippen molar-refractivity contribution in [2.24, 2.45) is 0 Å². The third-order valence-electron chi connectivity index (χ3n) is 4.03. The molecule has 0 unspecified atom stereocenters. The summed E-state index contributed by atoms with van der Waals surface area (Å²) in [4.78, 5) is 23.1. The molecule has 1 atom stereocenters. The number of nitrogens with one attached hydrogen (secondary N) is 1. The van der Waals surface area contributed by atoms with Crippen molar-refractivity contribution in [2.45, 2.75) is 32.9 Å². The molecule has 0 fully saturated rings. The number of carbonyl (C=O) groups is 1. The second kappa shape index (κ2) is 8.49. The first-order valence-electron chi connectivity index (χ1n) is 8.84. The van der Waals surface area contributed by atoms with Crippen molar-refractivity contribution in [3.05, 3.63) is 41.1 Å². The zero-order chi connectivity index (χ0) is 19.4. The number of likely N-dealkylation sites (N-methyl/N-ethyl adjacent to an activating group) is 1. The van der Waals surface area contributed by atoms with Gasteiger partial charge in [0, 0.05) is 18.7 Å². The molecule has 0 saturated carbocycles. The highest BCUT2D eigenvalue weighted by Gasteiger charge is 2.17. The largest absolute Gasteiger partial charge is 0.484 e. The van der Waals surface area contributed by atoms with Gasteiger partial charge in [0.2, 0.25) is 5.89 Å². The molecule has 0 aliphatic heterocycles. The van der Waals surface area contributed by atoms with Gasteiger partial charge in [0.1, 0.15) is 12.0 Å². The number of rotatable bonds is 8. The summed E-state index contributed by atoms with van der Waals surface area (Å²) >= 11 is 1.65. The van der Waals surface area contributed by atoms with Crippen molar-refractivity contribution >= 4 is 27.5 Å². The molecule has 0 aliphatic carbocycles. The van der Waals surface area contributed by atoms with Gasteiger partial charge in [-0.3, -0.25) is 4.79 Å². The molecule has 3 aromatic rings. The number of hydrogen-bond acceptors (Lipinski definition) is 7. The van der Waals surface area contributed by atoms with Crippen LogP contribution in [0, 0.1) is 6.92 Å². The Morgan fingerprint density at radius 3 is 2.93 bits per heavy atom. The Balaban J connectivity index is 1.58. The molecule has 27 heavy (non-hydrogen) atoms. The Hall–Kier alpha value is -2.45. The Bertz CT molecular complexity index is 919. The average Bonchev–Trinajstić information content (AvgIpc) is 3.23. The second-order valence-electron chi connectivity index (χ2n) is 6.62. The lowest BCUT2D eigenvalue weighted by atomic mass is 10.2. The number of amides is 1. The molecule has 144 valence electrons. The van der Waals surface area contributed by atoms with Gasteiger partial charge in [-0.25, -0.2) is 9.97 Å². The third kappa shape index (κ3) is 5.05. The number of fused-ring (bicyclic) bond motifs is 1. The second-order valence-corrected chi connectivity index (χ2v) is 7.85. The van der Waals surface area contributed by atoms with E-state index in [4.69, 9.17) is 9.15 Å². The number of ether oxygens (including phenoxy) is 1. The number of thiazole rings is 1. The Morgan fingerprint density at radius 1 is 1.37 bits per heavy atom. The molecule has 2 heterocycles. The van der Waals surface area contributed by atoms with E-state index in [1.807, 2.05) is 51.0 Å². The molecule has 3 rings (SSSR count). The fourth-order valence-electron chi connectivity index (χ4n) is 2.72. The molecule has 2 aromatic heterocycles. The summed E-state index contributed by atoms with van der Waals surface area (Å²) in [6.07, 6.45) is 2.21. The summed E-state index contributed by atoms with van der Waals surface area (Å²) in [5.74, 6) is 0.808. The van der Waals surface area contributed by atoms with Crippen LogP contribution in [0.15, 0.2) is 28.9 Å². The SMILES string of the molecule is CC[C@H](CN(C)C)NC(=O)c1coc(COc2ccc3sc(C)nc3c2)n1. The van der Waals surface area contributed by atoms with Crippen molar-refractivity contribution in [2.75, 3.05) is 20.6 Å². The predicted octanol–water partition coefficient (Wildman–Crippen LogP) is 3.24. The number of hydrogen-bond donors (Lipinski definition) is 1. The quantitative estimate of drug-likeness (QED) is 0.638. The van der Waals surface area contributed by atoms with Crippen LogP contribution in [0.5, 0.6) is 5.75 Å². The van der Waals surface area contributed by atoms with Gasteiger partial charge >= 0.3 is 0 Å². The number of benzene rings is 1. The van der Waals surface area contributed by atoms with Crippen LogP contribution in [0.4, 0.5) is 0 Å². The van der Waals surface area contributed by atoms with Crippen LogP contribution in [-0.4, -0.2) is 47.5 Å². The lowest BCUT2D eigenvalue weighted by Crippen LogP contribution is -2.41. The summed E-state index contributed by atoms with van der Waals surface area (Å²) in [6.45, 7) is 4.94. The first-order chi connectivity index (χ1) is 12.9. The fraction of sp³-hybridized carbons (Fsp3) is 0.421. The van der Waals surface area contributed by atoms with Gasteiger partial charge in [-0.2, -0.15) is 0 Å². The van der Waals surface area contributed by atoms with E-state index in [-0.39, 0.29) is 24.2 Å². The van der Waals surface area contributed by atoms with Crippen LogP contribution in [-0.2, 0) is 6.61 Å². The van der Waals surface area contributed by atoms with Gasteiger partial charge in [0.05, 0.1) is 15.2 Å². The minimum Gasteiger partial charge on any atom is -0.484 e. The summed E-state index contributed by atoms with van der Waals surface area (Å²) in [5, 5.41) is 3.99. The topological polar surface area (TPSA) is 80.5 Å². The van der Waals surface area contributed by atoms with Gasteiger partial charge < -0.3 is 19.4 Å². The van der Waals surface area contributed by atoms with Crippen LogP contribution in [0.25, 0.3) is 10.2 Å². The molecule has 0 bridgehead atoms. The van der Waals surface area contributed by atoms with Crippen molar-refractivity contribution < 1.29 is 13.9 Å². The smallest absolute Gasteiger partial charge is 0.273 e. The number of carbonyl (C=O) groups excluding carboxylic acids is 1. The van der Waals surface area contributed by atoms with E-state index in [0.717, 1.165) is 28.2 Å². The zero-order valence-corrected chi connectivity index (χ0v) is 16.8. The van der Waals surface area contributed by atoms with Crippen molar-refractivity contribution in [3.8, 4) is 5.75 Å². The first-order valence-corrected chi connectivity index (χ1v) is 9.66. The third-order valence-corrected chi connectivity index (χ3v) is 4.98. The van der Waals surface area contributed by atoms with Gasteiger partial charge in [-0.15, -0.1) is 11.3 Å². The van der Waals surface area contributed by atoms with Gasteiger partial charge in [0.25, 0.3) is 5.91 Å². The molecule has 1 amide bonds. The molecule has 0 aliphatic rings. The lowest BCUT2D eigenvalue weighted by molar-refractivity contribution is 0.0924. The highest BCUT2D eigenvalue weighted by Crippen LogP contribution is 2.25. The maximum absolute atomic E-state index is 12.3. The normalized spacial score (nSPS) is 12.5. The molecular weight excluding hydrogens is 364 g/mol. The lowest BCUT2D eigenvalue weighted by Gasteiger charge is -2.20. The molecule has 1 N–H and O–H groups in total. The standard InChI is InChI=1S/C19H24N4O3S/c1-5-13(9-23(3)4)21-19(24)16-10-26-18(22-16)11-25-14-6-7-17-15(8-14)20-12(2)27-17/h6-8,10,13H,5,9,11H2,1-4H3,(H,21,24)/t13-/m1/s1. The molecule has 0 spiro atoms. The molecule has 0 saturated heterocycles. The molecule has 1 aromatic carbocycles. The fourth-order valence-corrected chi connectivity index (χ4v) is 3.52. The summed E-state index contributed by atoms with van der Waals surface area (Å²) in [7, 11) is 3.95. The van der Waals surface area contributed by atoms with Gasteiger partial charge in [-0.05, 0) is 39.6 Å². The van der Waals surface area contributed by atoms with Gasteiger partial charge in [0.15, 0.2) is 12.3 Å². The van der Waals surface area contributed by atoms with Crippen LogP contribution in [0.3, 0.4) is 0 Å². The van der Waals surface area contributed by atoms with E-state index in [9.17, 15) is 4.79 Å². The van der Waals surface area contributed by atoms with Crippen molar-refractivity contribution in [3.63, 3.8) is 0 Å². The van der Waals surface area contributed by atoms with Crippen molar-refractivity contribution in [1.29, 1.82) is 0 Å². The highest BCUT2D eigenvalue weighted by molar-refractivity contribution is 7.18. The average molecular weight is 388 g/mol. The minimum absolute atomic E-state index is 0.0668. The van der Waals surface area contributed by atoms with E-state index in [2.05, 4.69) is 15.3 Å². The maximum Gasteiger partial charge on any atom is 0.273 e. The summed E-state index contributed by atoms with van der Waals surface area (Å²) in [6, 6.07) is 5.84. The Labute approximate surface area is 162 Å². The highest BCUT2D eigenvalue weighted by atomic mass is 32.1. The minimum atomic E-state index is -0.238. The number of aromatic nitrogens is 2.